The Hall–Kier alpha value is -2.55. The molecule has 5 heteroatoms. The van der Waals surface area contributed by atoms with Crippen molar-refractivity contribution in [3.8, 4) is 6.07 Å². The highest BCUT2D eigenvalue weighted by Crippen LogP contribution is 2.00. The molecular weight excluding hydrogens is 346 g/mol. The molecule has 150 valence electrons. The second-order valence-corrected chi connectivity index (χ2v) is 6.61. The summed E-state index contributed by atoms with van der Waals surface area (Å²) in [7, 11) is 0. The molecule has 2 N–H and O–H groups in total. The van der Waals surface area contributed by atoms with Crippen molar-refractivity contribution in [2.45, 2.75) is 40.2 Å². The van der Waals surface area contributed by atoms with Gasteiger partial charge in [0.25, 0.3) is 0 Å². The highest BCUT2D eigenvalue weighted by Gasteiger charge is 1.99. The number of aromatic nitrogens is 1. The smallest absolute Gasteiger partial charge is 0.0991 e. The summed E-state index contributed by atoms with van der Waals surface area (Å²) in [5.74, 6) is 0. The Kier molecular flexibility index (Phi) is 12.2. The quantitative estimate of drug-likeness (QED) is 0.480. The Labute approximate surface area is 169 Å². The van der Waals surface area contributed by atoms with Gasteiger partial charge in [0.1, 0.15) is 0 Å². The summed E-state index contributed by atoms with van der Waals surface area (Å²) in [4.78, 5) is 6.74. The van der Waals surface area contributed by atoms with Gasteiger partial charge in [0.15, 0.2) is 0 Å². The lowest BCUT2D eigenvalue weighted by molar-refractivity contribution is 0.296. The van der Waals surface area contributed by atoms with Gasteiger partial charge in [0, 0.05) is 19.0 Å². The van der Waals surface area contributed by atoms with Crippen molar-refractivity contribution in [2.24, 2.45) is 0 Å². The van der Waals surface area contributed by atoms with E-state index in [-0.39, 0.29) is 0 Å². The van der Waals surface area contributed by atoms with Crippen molar-refractivity contribution in [2.75, 3.05) is 26.2 Å². The minimum Gasteiger partial charge on any atom is -0.311 e. The SMILES string of the molecule is CCN(CC)CCCCNCc1cc(C=N)ccn1.Cc1ccc(C#N)cc1. The zero-order valence-corrected chi connectivity index (χ0v) is 17.4. The Morgan fingerprint density at radius 3 is 2.46 bits per heavy atom. The van der Waals surface area contributed by atoms with Crippen molar-refractivity contribution in [3.05, 3.63) is 65.0 Å². The summed E-state index contributed by atoms with van der Waals surface area (Å²) in [5.41, 5.74) is 3.83. The summed E-state index contributed by atoms with van der Waals surface area (Å²) in [5, 5.41) is 19.0. The van der Waals surface area contributed by atoms with Crippen LogP contribution in [0.25, 0.3) is 0 Å². The third kappa shape index (κ3) is 9.96. The van der Waals surface area contributed by atoms with Crippen LogP contribution in [-0.4, -0.2) is 42.3 Å². The van der Waals surface area contributed by atoms with E-state index in [0.717, 1.165) is 43.0 Å². The maximum atomic E-state index is 8.38. The molecule has 2 aromatic rings. The topological polar surface area (TPSA) is 75.8 Å². The lowest BCUT2D eigenvalue weighted by Gasteiger charge is -2.17. The molecule has 2 rings (SSSR count). The Morgan fingerprint density at radius 1 is 1.14 bits per heavy atom. The van der Waals surface area contributed by atoms with E-state index >= 15 is 0 Å². The van der Waals surface area contributed by atoms with Crippen LogP contribution in [0.2, 0.25) is 0 Å². The number of pyridine rings is 1. The van der Waals surface area contributed by atoms with Gasteiger partial charge >= 0.3 is 0 Å². The molecule has 1 aromatic carbocycles. The van der Waals surface area contributed by atoms with E-state index in [2.05, 4.69) is 35.1 Å². The summed E-state index contributed by atoms with van der Waals surface area (Å²) in [6.45, 7) is 11.7. The number of hydrogen-bond acceptors (Lipinski definition) is 5. The van der Waals surface area contributed by atoms with E-state index < -0.39 is 0 Å². The molecule has 0 saturated heterocycles. The molecular formula is C23H33N5. The van der Waals surface area contributed by atoms with Crippen LogP contribution in [-0.2, 0) is 6.54 Å². The predicted molar refractivity (Wildman–Crippen MR) is 117 cm³/mol. The summed E-state index contributed by atoms with van der Waals surface area (Å²) >= 11 is 0. The number of unbranched alkanes of at least 4 members (excludes halogenated alkanes) is 1. The van der Waals surface area contributed by atoms with Gasteiger partial charge in [-0.25, -0.2) is 0 Å². The highest BCUT2D eigenvalue weighted by molar-refractivity contribution is 5.76. The maximum absolute atomic E-state index is 8.38. The molecule has 0 aliphatic carbocycles. The van der Waals surface area contributed by atoms with Crippen LogP contribution >= 0.6 is 0 Å². The average molecular weight is 380 g/mol. The average Bonchev–Trinajstić information content (AvgIpc) is 2.74. The van der Waals surface area contributed by atoms with E-state index in [9.17, 15) is 0 Å². The Balaban J connectivity index is 0.000000362. The standard InChI is InChI=1S/C15H26N4.C8H7N/c1-3-19(4-2)10-6-5-8-17-13-15-11-14(12-16)7-9-18-15;1-7-2-4-8(6-9)5-3-7/h7,9,11-12,16-17H,3-6,8,10,13H2,1-2H3;2-5H,1H3. The minimum absolute atomic E-state index is 0.723. The molecule has 1 heterocycles. The van der Waals surface area contributed by atoms with E-state index in [1.54, 1.807) is 6.20 Å². The molecule has 0 aliphatic heterocycles. The molecule has 0 atom stereocenters. The maximum Gasteiger partial charge on any atom is 0.0991 e. The van der Waals surface area contributed by atoms with Crippen LogP contribution in [0, 0.1) is 23.7 Å². The molecule has 1 aromatic heterocycles. The summed E-state index contributed by atoms with van der Waals surface area (Å²) in [6.07, 6.45) is 5.55. The fraction of sp³-hybridized carbons (Fsp3) is 0.435. The van der Waals surface area contributed by atoms with E-state index in [4.69, 9.17) is 10.7 Å². The minimum atomic E-state index is 0.723. The second kappa shape index (κ2) is 14.5. The van der Waals surface area contributed by atoms with Crippen molar-refractivity contribution in [1.82, 2.24) is 15.2 Å². The lowest BCUT2D eigenvalue weighted by atomic mass is 10.2. The molecule has 0 unspecified atom stereocenters. The number of nitrogens with zero attached hydrogens (tertiary/aromatic N) is 3. The van der Waals surface area contributed by atoms with Gasteiger partial charge in [-0.2, -0.15) is 5.26 Å². The first-order valence-corrected chi connectivity index (χ1v) is 9.98. The first-order chi connectivity index (χ1) is 13.6. The second-order valence-electron chi connectivity index (χ2n) is 6.61. The summed E-state index contributed by atoms with van der Waals surface area (Å²) in [6, 6.07) is 13.3. The number of benzene rings is 1. The fourth-order valence-corrected chi connectivity index (χ4v) is 2.65. The zero-order valence-electron chi connectivity index (χ0n) is 17.4. The van der Waals surface area contributed by atoms with Gasteiger partial charge in [-0.1, -0.05) is 31.5 Å². The van der Waals surface area contributed by atoms with Crippen LogP contribution < -0.4 is 5.32 Å². The van der Waals surface area contributed by atoms with Crippen LogP contribution in [0.15, 0.2) is 42.6 Å². The van der Waals surface area contributed by atoms with E-state index in [1.807, 2.05) is 43.3 Å². The predicted octanol–water partition coefficient (Wildman–Crippen LogP) is 4.16. The highest BCUT2D eigenvalue weighted by atomic mass is 15.1. The molecule has 0 spiro atoms. The molecule has 0 fully saturated rings. The third-order valence-corrected chi connectivity index (χ3v) is 4.47. The lowest BCUT2D eigenvalue weighted by Crippen LogP contribution is -2.25. The van der Waals surface area contributed by atoms with Gasteiger partial charge < -0.3 is 15.6 Å². The van der Waals surface area contributed by atoms with E-state index in [0.29, 0.717) is 0 Å². The monoisotopic (exact) mass is 379 g/mol. The number of aryl methyl sites for hydroxylation is 1. The van der Waals surface area contributed by atoms with Crippen molar-refractivity contribution >= 4 is 6.21 Å². The molecule has 0 aliphatic rings. The van der Waals surface area contributed by atoms with Crippen LogP contribution in [0.3, 0.4) is 0 Å². The largest absolute Gasteiger partial charge is 0.311 e. The number of nitrogens with one attached hydrogen (secondary N) is 2. The fourth-order valence-electron chi connectivity index (χ4n) is 2.65. The molecule has 28 heavy (non-hydrogen) atoms. The van der Waals surface area contributed by atoms with Gasteiger partial charge in [-0.3, -0.25) is 4.98 Å². The third-order valence-electron chi connectivity index (χ3n) is 4.47. The van der Waals surface area contributed by atoms with Crippen LogP contribution in [0.5, 0.6) is 0 Å². The van der Waals surface area contributed by atoms with Crippen LogP contribution in [0.1, 0.15) is 49.1 Å². The Bertz CT molecular complexity index is 715. The van der Waals surface area contributed by atoms with Gasteiger partial charge in [-0.05, 0) is 75.8 Å². The first kappa shape index (κ1) is 23.5. The zero-order chi connectivity index (χ0) is 20.6. The van der Waals surface area contributed by atoms with E-state index in [1.165, 1.54) is 31.2 Å². The number of nitriles is 1. The van der Waals surface area contributed by atoms with Gasteiger partial charge in [0.05, 0.1) is 17.3 Å². The normalized spacial score (nSPS) is 10.1. The first-order valence-electron chi connectivity index (χ1n) is 9.98. The van der Waals surface area contributed by atoms with Crippen molar-refractivity contribution in [3.63, 3.8) is 0 Å². The summed E-state index contributed by atoms with van der Waals surface area (Å²) < 4.78 is 0. The molecule has 0 bridgehead atoms. The van der Waals surface area contributed by atoms with Gasteiger partial charge in [0.2, 0.25) is 0 Å². The molecule has 0 radical (unpaired) electrons. The molecule has 5 nitrogen and oxygen atoms in total. The van der Waals surface area contributed by atoms with Crippen LogP contribution in [0.4, 0.5) is 0 Å². The Morgan fingerprint density at radius 2 is 1.86 bits per heavy atom. The van der Waals surface area contributed by atoms with Crippen molar-refractivity contribution in [1.29, 1.82) is 10.7 Å². The van der Waals surface area contributed by atoms with Gasteiger partial charge in [-0.15, -0.1) is 0 Å². The number of hydrogen-bond donors (Lipinski definition) is 2. The molecule has 0 amide bonds. The number of rotatable bonds is 10. The van der Waals surface area contributed by atoms with Crippen molar-refractivity contribution < 1.29 is 0 Å². The molecule has 0 saturated carbocycles.